The van der Waals surface area contributed by atoms with Gasteiger partial charge in [0.2, 0.25) is 0 Å². The van der Waals surface area contributed by atoms with Crippen molar-refractivity contribution in [2.24, 2.45) is 4.99 Å². The van der Waals surface area contributed by atoms with E-state index in [1.165, 1.54) is 5.56 Å². The molecular weight excluding hydrogens is 213 g/mol. The minimum Gasteiger partial charge on any atom is -0.242 e. The van der Waals surface area contributed by atoms with Crippen LogP contribution in [-0.4, -0.2) is 19.1 Å². The summed E-state index contributed by atoms with van der Waals surface area (Å²) in [5.41, 5.74) is 3.11. The fourth-order valence-corrected chi connectivity index (χ4v) is 2.03. The van der Waals surface area contributed by atoms with Gasteiger partial charge in [-0.2, -0.15) is 0 Å². The lowest BCUT2D eigenvalue weighted by atomic mass is 9.92. The molecule has 0 fully saturated rings. The Hall–Kier alpha value is -0.955. The molecule has 1 nitrogen and oxygen atoms in total. The SMILES string of the molecule is C.[B]c1ccc2c(c1)CC/C=C/C(SC)=N2. The van der Waals surface area contributed by atoms with Crippen molar-refractivity contribution in [1.29, 1.82) is 0 Å². The summed E-state index contributed by atoms with van der Waals surface area (Å²) in [5.74, 6) is 0. The quantitative estimate of drug-likeness (QED) is 0.623. The van der Waals surface area contributed by atoms with E-state index in [0.717, 1.165) is 29.0 Å². The molecule has 0 bridgehead atoms. The minimum absolute atomic E-state index is 0. The van der Waals surface area contributed by atoms with Gasteiger partial charge in [0.05, 0.1) is 10.7 Å². The number of aliphatic imine (C=N–C) groups is 1. The van der Waals surface area contributed by atoms with Crippen molar-refractivity contribution < 1.29 is 0 Å². The predicted octanol–water partition coefficient (Wildman–Crippen LogP) is 3.01. The molecule has 3 heteroatoms. The number of fused-ring (bicyclic) bond motifs is 1. The molecule has 2 rings (SSSR count). The Labute approximate surface area is 103 Å². The van der Waals surface area contributed by atoms with Crippen LogP contribution in [0.5, 0.6) is 0 Å². The van der Waals surface area contributed by atoms with Crippen LogP contribution in [0.2, 0.25) is 0 Å². The largest absolute Gasteiger partial charge is 0.242 e. The molecule has 0 N–H and O–H groups in total. The lowest BCUT2D eigenvalue weighted by Crippen LogP contribution is -2.04. The van der Waals surface area contributed by atoms with Gasteiger partial charge >= 0.3 is 0 Å². The van der Waals surface area contributed by atoms with E-state index in [9.17, 15) is 0 Å². The van der Waals surface area contributed by atoms with E-state index in [1.807, 2.05) is 24.5 Å². The molecule has 0 saturated heterocycles. The van der Waals surface area contributed by atoms with Gasteiger partial charge in [-0.3, -0.25) is 0 Å². The van der Waals surface area contributed by atoms with Crippen molar-refractivity contribution in [3.05, 3.63) is 35.9 Å². The van der Waals surface area contributed by atoms with Crippen molar-refractivity contribution in [1.82, 2.24) is 0 Å². The molecule has 0 aliphatic carbocycles. The Morgan fingerprint density at radius 1 is 1.38 bits per heavy atom. The van der Waals surface area contributed by atoms with E-state index < -0.39 is 0 Å². The minimum atomic E-state index is 0. The van der Waals surface area contributed by atoms with Gasteiger partial charge in [-0.25, -0.2) is 4.99 Å². The van der Waals surface area contributed by atoms with Crippen LogP contribution in [-0.2, 0) is 6.42 Å². The number of thioether (sulfide) groups is 1. The second-order valence-electron chi connectivity index (χ2n) is 3.48. The molecule has 0 saturated carbocycles. The van der Waals surface area contributed by atoms with Crippen LogP contribution >= 0.6 is 11.8 Å². The standard InChI is InChI=1S/C12H12BNS.CH4/c1-15-12-5-3-2-4-9-8-10(13)6-7-11(9)14-12;/h3,5-8H,2,4H2,1H3;1H4/b5-3+,14-12?;. The number of aryl methyl sites for hydroxylation is 1. The highest BCUT2D eigenvalue weighted by molar-refractivity contribution is 8.13. The number of allylic oxidation sites excluding steroid dienone is 1. The smallest absolute Gasteiger partial charge is 0.113 e. The Morgan fingerprint density at radius 2 is 2.19 bits per heavy atom. The molecule has 82 valence electrons. The fourth-order valence-electron chi connectivity index (χ4n) is 1.61. The van der Waals surface area contributed by atoms with E-state index in [1.54, 1.807) is 11.8 Å². The lowest BCUT2D eigenvalue weighted by molar-refractivity contribution is 1.000. The molecule has 1 heterocycles. The van der Waals surface area contributed by atoms with Gasteiger partial charge in [0.15, 0.2) is 0 Å². The van der Waals surface area contributed by atoms with Crippen LogP contribution < -0.4 is 5.46 Å². The third-order valence-corrected chi connectivity index (χ3v) is 3.03. The van der Waals surface area contributed by atoms with Gasteiger partial charge in [0.25, 0.3) is 0 Å². The van der Waals surface area contributed by atoms with Crippen LogP contribution in [0.4, 0.5) is 5.69 Å². The summed E-state index contributed by atoms with van der Waals surface area (Å²) in [6.45, 7) is 0. The molecule has 0 spiro atoms. The summed E-state index contributed by atoms with van der Waals surface area (Å²) in [6, 6.07) is 5.93. The van der Waals surface area contributed by atoms with Crippen LogP contribution in [0.15, 0.2) is 35.3 Å². The number of hydrogen-bond donors (Lipinski definition) is 0. The number of nitrogens with zero attached hydrogens (tertiary/aromatic N) is 1. The second-order valence-corrected chi connectivity index (χ2v) is 4.31. The third-order valence-electron chi connectivity index (χ3n) is 2.38. The van der Waals surface area contributed by atoms with Crippen LogP contribution in [0.1, 0.15) is 19.4 Å². The summed E-state index contributed by atoms with van der Waals surface area (Å²) in [7, 11) is 5.77. The van der Waals surface area contributed by atoms with Gasteiger partial charge in [0, 0.05) is 0 Å². The van der Waals surface area contributed by atoms with Crippen molar-refractivity contribution in [3.63, 3.8) is 0 Å². The van der Waals surface area contributed by atoms with Crippen LogP contribution in [0.3, 0.4) is 0 Å². The molecule has 16 heavy (non-hydrogen) atoms. The van der Waals surface area contributed by atoms with E-state index in [-0.39, 0.29) is 7.43 Å². The highest BCUT2D eigenvalue weighted by Gasteiger charge is 2.04. The van der Waals surface area contributed by atoms with Crippen molar-refractivity contribution in [3.8, 4) is 0 Å². The zero-order chi connectivity index (χ0) is 10.7. The zero-order valence-corrected chi connectivity index (χ0v) is 9.55. The highest BCUT2D eigenvalue weighted by atomic mass is 32.2. The first-order chi connectivity index (χ1) is 7.29. The van der Waals surface area contributed by atoms with Crippen LogP contribution in [0.25, 0.3) is 0 Å². The average molecular weight is 229 g/mol. The topological polar surface area (TPSA) is 12.4 Å². The monoisotopic (exact) mass is 229 g/mol. The number of rotatable bonds is 0. The summed E-state index contributed by atoms with van der Waals surface area (Å²) in [5, 5.41) is 1.06. The number of hydrogen-bond acceptors (Lipinski definition) is 2. The van der Waals surface area contributed by atoms with Crippen molar-refractivity contribution >= 4 is 35.8 Å². The van der Waals surface area contributed by atoms with Crippen molar-refractivity contribution in [2.45, 2.75) is 20.3 Å². The first kappa shape index (κ1) is 13.1. The Kier molecular flexibility index (Phi) is 4.87. The molecule has 0 unspecified atom stereocenters. The maximum atomic E-state index is 5.77. The first-order valence-electron chi connectivity index (χ1n) is 4.97. The van der Waals surface area contributed by atoms with Gasteiger partial charge < -0.3 is 0 Å². The molecule has 0 atom stereocenters. The summed E-state index contributed by atoms with van der Waals surface area (Å²) >= 11 is 1.67. The second kappa shape index (κ2) is 5.95. The van der Waals surface area contributed by atoms with E-state index >= 15 is 0 Å². The molecule has 0 amide bonds. The first-order valence-corrected chi connectivity index (χ1v) is 6.19. The normalized spacial score (nSPS) is 16.2. The Bertz CT molecular complexity index is 424. The van der Waals surface area contributed by atoms with Gasteiger partial charge in [0.1, 0.15) is 7.85 Å². The van der Waals surface area contributed by atoms with E-state index in [2.05, 4.69) is 17.1 Å². The van der Waals surface area contributed by atoms with Gasteiger partial charge in [-0.1, -0.05) is 31.1 Å². The van der Waals surface area contributed by atoms with Crippen LogP contribution in [0, 0.1) is 0 Å². The fraction of sp³-hybridized carbons (Fsp3) is 0.308. The predicted molar refractivity (Wildman–Crippen MR) is 76.6 cm³/mol. The van der Waals surface area contributed by atoms with E-state index in [0.29, 0.717) is 0 Å². The molecule has 1 aliphatic rings. The van der Waals surface area contributed by atoms with E-state index in [4.69, 9.17) is 7.85 Å². The van der Waals surface area contributed by atoms with Crippen molar-refractivity contribution in [2.75, 3.05) is 6.26 Å². The molecule has 0 aromatic heterocycles. The number of benzene rings is 1. The van der Waals surface area contributed by atoms with Gasteiger partial charge in [-0.05, 0) is 36.8 Å². The molecule has 2 radical (unpaired) electrons. The summed E-state index contributed by atoms with van der Waals surface area (Å²) < 4.78 is 0. The molecule has 1 aromatic rings. The molecular formula is C13H16BNS. The van der Waals surface area contributed by atoms with Gasteiger partial charge in [-0.15, -0.1) is 11.8 Å². The maximum Gasteiger partial charge on any atom is 0.113 e. The zero-order valence-electron chi connectivity index (χ0n) is 8.73. The lowest BCUT2D eigenvalue weighted by Gasteiger charge is -2.09. The maximum absolute atomic E-state index is 5.77. The third kappa shape index (κ3) is 3.02. The molecule has 1 aromatic carbocycles. The Morgan fingerprint density at radius 3 is 2.94 bits per heavy atom. The molecule has 1 aliphatic heterocycles. The Balaban J connectivity index is 0.00000128. The highest BCUT2D eigenvalue weighted by Crippen LogP contribution is 2.23. The summed E-state index contributed by atoms with van der Waals surface area (Å²) in [6.07, 6.45) is 8.37. The average Bonchev–Trinajstić information content (AvgIpc) is 2.21. The summed E-state index contributed by atoms with van der Waals surface area (Å²) in [4.78, 5) is 4.60.